The standard InChI is InChI=1S/C10H10N6/c1-15-10(11)13-9(14-15)7-6-12-16-5-3-2-4-8(7)16/h2-6H,1H3,(H2,11,13,14). The van der Waals surface area contributed by atoms with Gasteiger partial charge in [-0.1, -0.05) is 6.07 Å². The summed E-state index contributed by atoms with van der Waals surface area (Å²) in [5, 5.41) is 8.45. The Balaban J connectivity index is 2.26. The fourth-order valence-electron chi connectivity index (χ4n) is 1.62. The van der Waals surface area contributed by atoms with Gasteiger partial charge in [0.05, 0.1) is 17.3 Å². The smallest absolute Gasteiger partial charge is 0.218 e. The van der Waals surface area contributed by atoms with Crippen LogP contribution in [0.2, 0.25) is 0 Å². The van der Waals surface area contributed by atoms with Crippen LogP contribution >= 0.6 is 0 Å². The van der Waals surface area contributed by atoms with Crippen LogP contribution in [0.4, 0.5) is 5.95 Å². The van der Waals surface area contributed by atoms with Gasteiger partial charge in [0.15, 0.2) is 5.82 Å². The topological polar surface area (TPSA) is 74.0 Å². The maximum atomic E-state index is 5.65. The lowest BCUT2D eigenvalue weighted by Gasteiger charge is -1.92. The zero-order chi connectivity index (χ0) is 11.1. The second-order valence-electron chi connectivity index (χ2n) is 3.51. The van der Waals surface area contributed by atoms with Crippen molar-refractivity contribution >= 4 is 11.5 Å². The van der Waals surface area contributed by atoms with Crippen LogP contribution in [0.5, 0.6) is 0 Å². The fourth-order valence-corrected chi connectivity index (χ4v) is 1.62. The van der Waals surface area contributed by atoms with E-state index in [-0.39, 0.29) is 0 Å². The van der Waals surface area contributed by atoms with E-state index < -0.39 is 0 Å². The molecule has 3 heterocycles. The van der Waals surface area contributed by atoms with E-state index in [9.17, 15) is 0 Å². The van der Waals surface area contributed by atoms with Gasteiger partial charge in [-0.25, -0.2) is 9.20 Å². The van der Waals surface area contributed by atoms with Crippen LogP contribution in [0, 0.1) is 0 Å². The fraction of sp³-hybridized carbons (Fsp3) is 0.100. The first-order valence-corrected chi connectivity index (χ1v) is 4.85. The predicted molar refractivity (Wildman–Crippen MR) is 59.6 cm³/mol. The third-order valence-electron chi connectivity index (χ3n) is 2.46. The van der Waals surface area contributed by atoms with Crippen molar-refractivity contribution in [3.63, 3.8) is 0 Å². The Hall–Kier alpha value is -2.37. The number of nitrogen functional groups attached to an aromatic ring is 1. The first-order valence-electron chi connectivity index (χ1n) is 4.85. The molecule has 0 saturated heterocycles. The number of aromatic nitrogens is 5. The number of fused-ring (bicyclic) bond motifs is 1. The van der Waals surface area contributed by atoms with E-state index in [4.69, 9.17) is 5.73 Å². The minimum Gasteiger partial charge on any atom is -0.368 e. The van der Waals surface area contributed by atoms with Gasteiger partial charge in [-0.15, -0.1) is 5.10 Å². The van der Waals surface area contributed by atoms with E-state index in [0.29, 0.717) is 11.8 Å². The zero-order valence-electron chi connectivity index (χ0n) is 8.70. The summed E-state index contributed by atoms with van der Waals surface area (Å²) in [4.78, 5) is 4.18. The lowest BCUT2D eigenvalue weighted by molar-refractivity contribution is 0.781. The molecule has 16 heavy (non-hydrogen) atoms. The van der Waals surface area contributed by atoms with Gasteiger partial charge in [0, 0.05) is 13.2 Å². The van der Waals surface area contributed by atoms with Crippen molar-refractivity contribution in [2.75, 3.05) is 5.73 Å². The van der Waals surface area contributed by atoms with Crippen molar-refractivity contribution in [3.8, 4) is 11.4 Å². The quantitative estimate of drug-likeness (QED) is 0.647. The lowest BCUT2D eigenvalue weighted by atomic mass is 10.2. The Bertz CT molecular complexity index is 631. The largest absolute Gasteiger partial charge is 0.368 e. The minimum absolute atomic E-state index is 0.394. The maximum absolute atomic E-state index is 5.65. The molecule has 80 valence electrons. The van der Waals surface area contributed by atoms with Crippen LogP contribution < -0.4 is 5.73 Å². The Morgan fingerprint density at radius 2 is 2.19 bits per heavy atom. The van der Waals surface area contributed by atoms with Gasteiger partial charge >= 0.3 is 0 Å². The highest BCUT2D eigenvalue weighted by Gasteiger charge is 2.11. The summed E-state index contributed by atoms with van der Waals surface area (Å²) in [6.45, 7) is 0. The molecule has 0 unspecified atom stereocenters. The minimum atomic E-state index is 0.394. The van der Waals surface area contributed by atoms with Gasteiger partial charge in [0.1, 0.15) is 0 Å². The molecule has 0 aliphatic carbocycles. The Kier molecular flexibility index (Phi) is 1.70. The lowest BCUT2D eigenvalue weighted by Crippen LogP contribution is -1.97. The molecule has 6 heteroatoms. The highest BCUT2D eigenvalue weighted by molar-refractivity contribution is 5.75. The molecule has 0 amide bonds. The highest BCUT2D eigenvalue weighted by atomic mass is 15.4. The van der Waals surface area contributed by atoms with Crippen molar-refractivity contribution in [1.82, 2.24) is 24.4 Å². The van der Waals surface area contributed by atoms with Gasteiger partial charge in [-0.05, 0) is 12.1 Å². The molecule has 0 aliphatic heterocycles. The highest BCUT2D eigenvalue weighted by Crippen LogP contribution is 2.21. The normalized spacial score (nSPS) is 11.1. The van der Waals surface area contributed by atoms with Gasteiger partial charge < -0.3 is 5.73 Å². The molecule has 2 N–H and O–H groups in total. The summed E-state index contributed by atoms with van der Waals surface area (Å²) in [6, 6.07) is 5.84. The average molecular weight is 214 g/mol. The number of rotatable bonds is 1. The van der Waals surface area contributed by atoms with Crippen molar-refractivity contribution < 1.29 is 0 Å². The van der Waals surface area contributed by atoms with E-state index in [2.05, 4.69) is 15.2 Å². The maximum Gasteiger partial charge on any atom is 0.218 e. The molecule has 0 bridgehead atoms. The third-order valence-corrected chi connectivity index (χ3v) is 2.46. The molecule has 3 rings (SSSR count). The Labute approximate surface area is 91.3 Å². The molecule has 6 nitrogen and oxygen atoms in total. The van der Waals surface area contributed by atoms with E-state index in [0.717, 1.165) is 11.1 Å². The predicted octanol–water partition coefficient (Wildman–Crippen LogP) is 0.712. The van der Waals surface area contributed by atoms with E-state index >= 15 is 0 Å². The van der Waals surface area contributed by atoms with E-state index in [1.54, 1.807) is 22.4 Å². The number of aryl methyl sites for hydroxylation is 1. The van der Waals surface area contributed by atoms with Crippen LogP contribution in [-0.2, 0) is 7.05 Å². The number of pyridine rings is 1. The van der Waals surface area contributed by atoms with Gasteiger partial charge in [-0.3, -0.25) is 0 Å². The van der Waals surface area contributed by atoms with Crippen molar-refractivity contribution in [3.05, 3.63) is 30.6 Å². The molecule has 0 spiro atoms. The molecule has 0 aromatic carbocycles. The monoisotopic (exact) mass is 214 g/mol. The summed E-state index contributed by atoms with van der Waals surface area (Å²) >= 11 is 0. The molecule has 0 aliphatic rings. The summed E-state index contributed by atoms with van der Waals surface area (Å²) in [7, 11) is 1.76. The number of hydrogen-bond donors (Lipinski definition) is 1. The van der Waals surface area contributed by atoms with E-state index in [1.807, 2.05) is 24.4 Å². The van der Waals surface area contributed by atoms with Crippen LogP contribution in [0.3, 0.4) is 0 Å². The van der Waals surface area contributed by atoms with Crippen LogP contribution in [-0.4, -0.2) is 24.4 Å². The number of nitrogens with two attached hydrogens (primary N) is 1. The summed E-state index contributed by atoms with van der Waals surface area (Å²) in [5.74, 6) is 0.992. The van der Waals surface area contributed by atoms with Crippen molar-refractivity contribution in [1.29, 1.82) is 0 Å². The molecule has 0 fully saturated rings. The molecular formula is C10H10N6. The van der Waals surface area contributed by atoms with Crippen molar-refractivity contribution in [2.45, 2.75) is 0 Å². The number of anilines is 1. The van der Waals surface area contributed by atoms with Gasteiger partial charge in [0.25, 0.3) is 0 Å². The van der Waals surface area contributed by atoms with Crippen molar-refractivity contribution in [2.24, 2.45) is 7.05 Å². The Morgan fingerprint density at radius 1 is 1.31 bits per heavy atom. The average Bonchev–Trinajstić information content (AvgIpc) is 2.83. The number of nitrogens with zero attached hydrogens (tertiary/aromatic N) is 5. The number of hydrogen-bond acceptors (Lipinski definition) is 4. The summed E-state index contributed by atoms with van der Waals surface area (Å²) < 4.78 is 3.32. The molecule has 3 aromatic heterocycles. The molecule has 0 radical (unpaired) electrons. The zero-order valence-corrected chi connectivity index (χ0v) is 8.70. The first-order chi connectivity index (χ1) is 7.75. The molecule has 3 aromatic rings. The SMILES string of the molecule is Cn1nc(-c2cnn3ccccc23)nc1N. The summed E-state index contributed by atoms with van der Waals surface area (Å²) in [5.41, 5.74) is 7.50. The van der Waals surface area contributed by atoms with Crippen LogP contribution in [0.15, 0.2) is 30.6 Å². The van der Waals surface area contributed by atoms with E-state index in [1.165, 1.54) is 0 Å². The summed E-state index contributed by atoms with van der Waals surface area (Å²) in [6.07, 6.45) is 3.62. The second kappa shape index (κ2) is 3.06. The first kappa shape index (κ1) is 8.90. The van der Waals surface area contributed by atoms with Gasteiger partial charge in [0.2, 0.25) is 5.95 Å². The van der Waals surface area contributed by atoms with Crippen LogP contribution in [0.25, 0.3) is 16.9 Å². The third kappa shape index (κ3) is 1.16. The van der Waals surface area contributed by atoms with Gasteiger partial charge in [-0.2, -0.15) is 10.1 Å². The molecule has 0 atom stereocenters. The second-order valence-corrected chi connectivity index (χ2v) is 3.51. The molecular weight excluding hydrogens is 204 g/mol. The van der Waals surface area contributed by atoms with Crippen LogP contribution in [0.1, 0.15) is 0 Å². The Morgan fingerprint density at radius 3 is 2.94 bits per heavy atom. The molecule has 0 saturated carbocycles.